The fourth-order valence-corrected chi connectivity index (χ4v) is 3.86. The Balaban J connectivity index is 2.00. The summed E-state index contributed by atoms with van der Waals surface area (Å²) in [5.74, 6) is -2.01. The quantitative estimate of drug-likeness (QED) is 0.607. The second-order valence-electron chi connectivity index (χ2n) is 5.17. The van der Waals surface area contributed by atoms with Crippen LogP contribution >= 0.6 is 0 Å². The van der Waals surface area contributed by atoms with E-state index in [1.807, 2.05) is 0 Å². The molecule has 1 nitrogen and oxygen atoms in total. The molecule has 0 aromatic heterocycles. The largest absolute Gasteiger partial charge is 0.426 e. The smallest absolute Gasteiger partial charge is 0.354 e. The van der Waals surface area contributed by atoms with Gasteiger partial charge in [0.1, 0.15) is 0 Å². The highest BCUT2D eigenvalue weighted by atomic mass is 19.4. The van der Waals surface area contributed by atoms with E-state index in [-0.39, 0.29) is 5.92 Å². The van der Waals surface area contributed by atoms with Gasteiger partial charge in [0.25, 0.3) is 5.60 Å². The number of hydrogen-bond acceptors (Lipinski definition) is 1. The van der Waals surface area contributed by atoms with Gasteiger partial charge in [0.2, 0.25) is 0 Å². The zero-order valence-corrected chi connectivity index (χ0v) is 8.61. The Kier molecular flexibility index (Phi) is 2.00. The van der Waals surface area contributed by atoms with E-state index in [1.165, 1.54) is 0 Å². The Morgan fingerprint density at radius 3 is 1.88 bits per heavy atom. The first-order valence-electron chi connectivity index (χ1n) is 5.50. The van der Waals surface area contributed by atoms with E-state index < -0.39 is 35.9 Å². The minimum atomic E-state index is -5.38. The minimum Gasteiger partial charge on any atom is -0.354 e. The lowest BCUT2D eigenvalue weighted by molar-refractivity contribution is -0.470. The Hall–Kier alpha value is -0.460. The SMILES string of the molecule is FC(F)(F)C1(C(F)(F)F)OC2C3CCC(C3)C21. The van der Waals surface area contributed by atoms with Gasteiger partial charge >= 0.3 is 12.4 Å². The molecule has 1 aliphatic heterocycles. The molecule has 1 saturated heterocycles. The van der Waals surface area contributed by atoms with Crippen LogP contribution in [-0.4, -0.2) is 24.1 Å². The van der Waals surface area contributed by atoms with E-state index in [2.05, 4.69) is 4.74 Å². The predicted molar refractivity (Wildman–Crippen MR) is 44.0 cm³/mol. The average molecular weight is 260 g/mol. The molecule has 0 aromatic rings. The van der Waals surface area contributed by atoms with Crippen molar-refractivity contribution in [2.75, 3.05) is 0 Å². The fraction of sp³-hybridized carbons (Fsp3) is 1.00. The zero-order chi connectivity index (χ0) is 12.6. The first-order chi connectivity index (χ1) is 7.68. The van der Waals surface area contributed by atoms with Gasteiger partial charge in [0, 0.05) is 5.92 Å². The molecule has 2 bridgehead atoms. The molecule has 4 atom stereocenters. The molecule has 0 amide bonds. The van der Waals surface area contributed by atoms with Gasteiger partial charge in [0.05, 0.1) is 6.10 Å². The predicted octanol–water partition coefficient (Wildman–Crippen LogP) is 3.29. The van der Waals surface area contributed by atoms with E-state index in [9.17, 15) is 26.3 Å². The van der Waals surface area contributed by atoms with E-state index in [4.69, 9.17) is 0 Å². The number of fused-ring (bicyclic) bond motifs is 5. The monoisotopic (exact) mass is 260 g/mol. The molecule has 2 saturated carbocycles. The van der Waals surface area contributed by atoms with Crippen molar-refractivity contribution in [3.8, 4) is 0 Å². The van der Waals surface area contributed by atoms with Gasteiger partial charge in [-0.25, -0.2) is 0 Å². The van der Waals surface area contributed by atoms with Crippen LogP contribution in [0.4, 0.5) is 26.3 Å². The molecule has 1 heterocycles. The van der Waals surface area contributed by atoms with Crippen LogP contribution in [0.1, 0.15) is 19.3 Å². The summed E-state index contributed by atoms with van der Waals surface area (Å²) in [5, 5.41) is 0. The summed E-state index contributed by atoms with van der Waals surface area (Å²) in [6.45, 7) is 0. The standard InChI is InChI=1S/C10H10F6O/c11-9(12,13)8(10(14,15)16)6-4-1-2-5(3-4)7(6)17-8/h4-7H,1-3H2. The van der Waals surface area contributed by atoms with Gasteiger partial charge in [-0.2, -0.15) is 26.3 Å². The Morgan fingerprint density at radius 2 is 1.41 bits per heavy atom. The summed E-state index contributed by atoms with van der Waals surface area (Å²) >= 11 is 0. The van der Waals surface area contributed by atoms with Crippen molar-refractivity contribution in [2.24, 2.45) is 17.8 Å². The van der Waals surface area contributed by atoms with Crippen LogP contribution in [0.15, 0.2) is 0 Å². The van der Waals surface area contributed by atoms with Gasteiger partial charge in [0.15, 0.2) is 0 Å². The van der Waals surface area contributed by atoms with Crippen molar-refractivity contribution >= 4 is 0 Å². The van der Waals surface area contributed by atoms with Gasteiger partial charge in [-0.3, -0.25) is 0 Å². The van der Waals surface area contributed by atoms with Crippen molar-refractivity contribution < 1.29 is 31.1 Å². The van der Waals surface area contributed by atoms with E-state index >= 15 is 0 Å². The second kappa shape index (κ2) is 2.92. The molecule has 0 N–H and O–H groups in total. The third kappa shape index (κ3) is 1.16. The highest BCUT2D eigenvalue weighted by Gasteiger charge is 2.86. The molecule has 7 heteroatoms. The lowest BCUT2D eigenvalue weighted by Crippen LogP contribution is -2.75. The third-order valence-electron chi connectivity index (χ3n) is 4.47. The Labute approximate surface area is 93.1 Å². The van der Waals surface area contributed by atoms with E-state index in [0.717, 1.165) is 0 Å². The molecule has 2 aliphatic carbocycles. The lowest BCUT2D eigenvalue weighted by atomic mass is 9.68. The van der Waals surface area contributed by atoms with Crippen LogP contribution in [0.25, 0.3) is 0 Å². The van der Waals surface area contributed by atoms with Gasteiger partial charge in [-0.1, -0.05) is 0 Å². The van der Waals surface area contributed by atoms with Gasteiger partial charge < -0.3 is 4.74 Å². The van der Waals surface area contributed by atoms with Crippen molar-refractivity contribution in [3.63, 3.8) is 0 Å². The van der Waals surface area contributed by atoms with Crippen molar-refractivity contribution in [2.45, 2.75) is 43.3 Å². The summed E-state index contributed by atoms with van der Waals surface area (Å²) in [7, 11) is 0. The second-order valence-corrected chi connectivity index (χ2v) is 5.17. The van der Waals surface area contributed by atoms with Crippen LogP contribution in [0, 0.1) is 17.8 Å². The summed E-state index contributed by atoms with van der Waals surface area (Å²) in [5.41, 5.74) is -3.90. The van der Waals surface area contributed by atoms with E-state index in [1.54, 1.807) is 0 Å². The number of ether oxygens (including phenoxy) is 1. The van der Waals surface area contributed by atoms with Crippen LogP contribution < -0.4 is 0 Å². The zero-order valence-electron chi connectivity index (χ0n) is 8.61. The van der Waals surface area contributed by atoms with Crippen LogP contribution in [0.2, 0.25) is 0 Å². The third-order valence-corrected chi connectivity index (χ3v) is 4.47. The summed E-state index contributed by atoms with van der Waals surface area (Å²) in [4.78, 5) is 0. The molecule has 98 valence electrons. The first-order valence-corrected chi connectivity index (χ1v) is 5.50. The molecule has 3 rings (SSSR count). The molecule has 0 radical (unpaired) electrons. The molecule has 0 aromatic carbocycles. The van der Waals surface area contributed by atoms with Crippen LogP contribution in [-0.2, 0) is 4.74 Å². The molecule has 17 heavy (non-hydrogen) atoms. The molecular weight excluding hydrogens is 250 g/mol. The average Bonchev–Trinajstić information content (AvgIpc) is 2.53. The van der Waals surface area contributed by atoms with Crippen molar-refractivity contribution in [1.82, 2.24) is 0 Å². The highest BCUT2D eigenvalue weighted by molar-refractivity contribution is 5.19. The van der Waals surface area contributed by atoms with E-state index in [0.29, 0.717) is 19.3 Å². The maximum Gasteiger partial charge on any atom is 0.426 e. The summed E-state index contributed by atoms with van der Waals surface area (Å²) in [6.07, 6.45) is -9.99. The maximum absolute atomic E-state index is 12.8. The summed E-state index contributed by atoms with van der Waals surface area (Å²) < 4.78 is 81.0. The fourth-order valence-electron chi connectivity index (χ4n) is 3.86. The molecule has 3 fully saturated rings. The Bertz CT molecular complexity index is 330. The number of alkyl halides is 6. The maximum atomic E-state index is 12.8. The number of rotatable bonds is 0. The number of halogens is 6. The van der Waals surface area contributed by atoms with Gasteiger partial charge in [-0.05, 0) is 31.1 Å². The molecule has 4 unspecified atom stereocenters. The molecule has 3 aliphatic rings. The summed E-state index contributed by atoms with van der Waals surface area (Å²) in [6, 6.07) is 0. The van der Waals surface area contributed by atoms with Crippen LogP contribution in [0.3, 0.4) is 0 Å². The Morgan fingerprint density at radius 1 is 0.882 bits per heavy atom. The van der Waals surface area contributed by atoms with Crippen molar-refractivity contribution in [1.29, 1.82) is 0 Å². The normalized spacial score (nSPS) is 43.4. The minimum absolute atomic E-state index is 0.108. The van der Waals surface area contributed by atoms with Crippen LogP contribution in [0.5, 0.6) is 0 Å². The first kappa shape index (κ1) is 11.6. The molecular formula is C10H10F6O. The number of hydrogen-bond donors (Lipinski definition) is 0. The lowest BCUT2D eigenvalue weighted by Gasteiger charge is -2.56. The van der Waals surface area contributed by atoms with Gasteiger partial charge in [-0.15, -0.1) is 0 Å². The topological polar surface area (TPSA) is 9.23 Å². The van der Waals surface area contributed by atoms with Crippen molar-refractivity contribution in [3.05, 3.63) is 0 Å². The highest BCUT2D eigenvalue weighted by Crippen LogP contribution is 2.69. The molecule has 0 spiro atoms.